The molecule has 0 aliphatic heterocycles. The number of benzene rings is 1. The van der Waals surface area contributed by atoms with Crippen LogP contribution in [0.25, 0.3) is 5.57 Å². The van der Waals surface area contributed by atoms with E-state index in [0.717, 1.165) is 24.7 Å². The highest BCUT2D eigenvalue weighted by Crippen LogP contribution is 2.27. The standard InChI is InChI=1S/C19H26O/c1-3-5-15-20-19-13-11-18(12-14-19)17-9-7-16(6-4-2)8-10-17/h7,9-14,16H,3-6,8,15H2,1-2H3. The second-order valence-electron chi connectivity index (χ2n) is 5.53. The van der Waals surface area contributed by atoms with Crippen molar-refractivity contribution in [3.63, 3.8) is 0 Å². The summed E-state index contributed by atoms with van der Waals surface area (Å²) < 4.78 is 5.70. The van der Waals surface area contributed by atoms with Gasteiger partial charge in [-0.3, -0.25) is 0 Å². The van der Waals surface area contributed by atoms with Crippen LogP contribution in [0.3, 0.4) is 0 Å². The Morgan fingerprint density at radius 2 is 1.90 bits per heavy atom. The van der Waals surface area contributed by atoms with Crippen molar-refractivity contribution in [1.29, 1.82) is 0 Å². The first kappa shape index (κ1) is 14.9. The lowest BCUT2D eigenvalue weighted by molar-refractivity contribution is 0.309. The maximum absolute atomic E-state index is 5.70. The second-order valence-corrected chi connectivity index (χ2v) is 5.53. The largest absolute Gasteiger partial charge is 0.494 e. The van der Waals surface area contributed by atoms with E-state index in [-0.39, 0.29) is 0 Å². The van der Waals surface area contributed by atoms with Gasteiger partial charge in [-0.2, -0.15) is 0 Å². The number of rotatable bonds is 7. The number of hydrogen-bond donors (Lipinski definition) is 0. The normalized spacial score (nSPS) is 17.9. The van der Waals surface area contributed by atoms with Gasteiger partial charge >= 0.3 is 0 Å². The Morgan fingerprint density at radius 1 is 1.10 bits per heavy atom. The molecule has 0 aromatic heterocycles. The van der Waals surface area contributed by atoms with E-state index in [1.165, 1.54) is 36.8 Å². The monoisotopic (exact) mass is 270 g/mol. The first-order valence-corrected chi connectivity index (χ1v) is 7.95. The Kier molecular flexibility index (Phi) is 5.91. The van der Waals surface area contributed by atoms with Crippen LogP contribution in [-0.4, -0.2) is 6.61 Å². The van der Waals surface area contributed by atoms with Gasteiger partial charge < -0.3 is 4.74 Å². The molecule has 1 aromatic carbocycles. The first-order chi connectivity index (χ1) is 9.83. The molecule has 1 atom stereocenters. The minimum atomic E-state index is 0.736. The molecule has 0 saturated carbocycles. The van der Waals surface area contributed by atoms with E-state index in [9.17, 15) is 0 Å². The summed E-state index contributed by atoms with van der Waals surface area (Å²) in [7, 11) is 0. The molecule has 2 rings (SSSR count). The molecule has 1 heteroatoms. The molecule has 1 aliphatic rings. The molecule has 108 valence electrons. The zero-order valence-corrected chi connectivity index (χ0v) is 12.8. The van der Waals surface area contributed by atoms with Crippen molar-refractivity contribution in [1.82, 2.24) is 0 Å². The molecular weight excluding hydrogens is 244 g/mol. The van der Waals surface area contributed by atoms with Gasteiger partial charge in [0, 0.05) is 0 Å². The Bertz CT molecular complexity index is 453. The SMILES string of the molecule is CCCCOc1ccc(C2=CCC(CCC)C=C2)cc1. The quantitative estimate of drug-likeness (QED) is 0.584. The van der Waals surface area contributed by atoms with Gasteiger partial charge in [0.05, 0.1) is 6.61 Å². The molecule has 0 heterocycles. The van der Waals surface area contributed by atoms with Gasteiger partial charge in [0.2, 0.25) is 0 Å². The smallest absolute Gasteiger partial charge is 0.119 e. The third-order valence-electron chi connectivity index (χ3n) is 3.80. The molecule has 0 saturated heterocycles. The van der Waals surface area contributed by atoms with Gasteiger partial charge in [-0.05, 0) is 48.4 Å². The fourth-order valence-corrected chi connectivity index (χ4v) is 2.54. The summed E-state index contributed by atoms with van der Waals surface area (Å²) in [6.07, 6.45) is 13.0. The van der Waals surface area contributed by atoms with Gasteiger partial charge in [-0.15, -0.1) is 0 Å². The molecular formula is C19H26O. The molecule has 1 nitrogen and oxygen atoms in total. The molecule has 20 heavy (non-hydrogen) atoms. The lowest BCUT2D eigenvalue weighted by Gasteiger charge is -2.15. The van der Waals surface area contributed by atoms with Crippen molar-refractivity contribution in [2.24, 2.45) is 5.92 Å². The van der Waals surface area contributed by atoms with Gasteiger partial charge in [0.15, 0.2) is 0 Å². The van der Waals surface area contributed by atoms with E-state index < -0.39 is 0 Å². The van der Waals surface area contributed by atoms with Crippen molar-refractivity contribution in [2.45, 2.75) is 46.0 Å². The van der Waals surface area contributed by atoms with Crippen LogP contribution < -0.4 is 4.74 Å². The summed E-state index contributed by atoms with van der Waals surface area (Å²) in [5, 5.41) is 0. The van der Waals surface area contributed by atoms with Gasteiger partial charge in [-0.25, -0.2) is 0 Å². The maximum atomic E-state index is 5.70. The van der Waals surface area contributed by atoms with Gasteiger partial charge in [0.25, 0.3) is 0 Å². The van der Waals surface area contributed by atoms with E-state index in [0.29, 0.717) is 0 Å². The van der Waals surface area contributed by atoms with Crippen molar-refractivity contribution in [3.8, 4) is 5.75 Å². The van der Waals surface area contributed by atoms with Crippen LogP contribution in [0.1, 0.15) is 51.5 Å². The summed E-state index contributed by atoms with van der Waals surface area (Å²) >= 11 is 0. The maximum Gasteiger partial charge on any atom is 0.119 e. The lowest BCUT2D eigenvalue weighted by Crippen LogP contribution is -1.99. The van der Waals surface area contributed by atoms with E-state index in [4.69, 9.17) is 4.74 Å². The molecule has 1 aromatic rings. The highest BCUT2D eigenvalue weighted by molar-refractivity contribution is 5.75. The van der Waals surface area contributed by atoms with E-state index in [1.54, 1.807) is 0 Å². The highest BCUT2D eigenvalue weighted by atomic mass is 16.5. The number of ether oxygens (including phenoxy) is 1. The van der Waals surface area contributed by atoms with Crippen molar-refractivity contribution < 1.29 is 4.74 Å². The summed E-state index contributed by atoms with van der Waals surface area (Å²) in [5.41, 5.74) is 2.64. The number of allylic oxidation sites excluding steroid dienone is 4. The van der Waals surface area contributed by atoms with Crippen LogP contribution in [-0.2, 0) is 0 Å². The summed E-state index contributed by atoms with van der Waals surface area (Å²) in [6, 6.07) is 8.49. The van der Waals surface area contributed by atoms with Crippen LogP contribution in [0.15, 0.2) is 42.5 Å². The van der Waals surface area contributed by atoms with Crippen LogP contribution in [0, 0.1) is 5.92 Å². The van der Waals surface area contributed by atoms with E-state index in [1.807, 2.05) is 0 Å². The Hall–Kier alpha value is -1.50. The molecule has 1 aliphatic carbocycles. The minimum Gasteiger partial charge on any atom is -0.494 e. The Labute approximate surface area is 123 Å². The second kappa shape index (κ2) is 7.94. The zero-order valence-electron chi connectivity index (χ0n) is 12.8. The van der Waals surface area contributed by atoms with Gasteiger partial charge in [-0.1, -0.05) is 57.0 Å². The first-order valence-electron chi connectivity index (χ1n) is 7.95. The molecule has 0 spiro atoms. The topological polar surface area (TPSA) is 9.23 Å². The van der Waals surface area contributed by atoms with E-state index >= 15 is 0 Å². The molecule has 0 radical (unpaired) electrons. The number of hydrogen-bond acceptors (Lipinski definition) is 1. The van der Waals surface area contributed by atoms with Crippen LogP contribution in [0.2, 0.25) is 0 Å². The molecule has 0 bridgehead atoms. The average molecular weight is 270 g/mol. The zero-order chi connectivity index (χ0) is 14.2. The Balaban J connectivity index is 1.92. The minimum absolute atomic E-state index is 0.736. The third-order valence-corrected chi connectivity index (χ3v) is 3.80. The lowest BCUT2D eigenvalue weighted by atomic mass is 9.90. The third kappa shape index (κ3) is 4.26. The number of unbranched alkanes of at least 4 members (excludes halogenated alkanes) is 1. The van der Waals surface area contributed by atoms with E-state index in [2.05, 4.69) is 56.3 Å². The van der Waals surface area contributed by atoms with Crippen molar-refractivity contribution >= 4 is 5.57 Å². The van der Waals surface area contributed by atoms with Crippen LogP contribution in [0.5, 0.6) is 5.75 Å². The van der Waals surface area contributed by atoms with Crippen molar-refractivity contribution in [3.05, 3.63) is 48.1 Å². The molecule has 0 fully saturated rings. The van der Waals surface area contributed by atoms with Gasteiger partial charge in [0.1, 0.15) is 5.75 Å². The summed E-state index contributed by atoms with van der Waals surface area (Å²) in [5.74, 6) is 1.71. The molecule has 0 amide bonds. The highest BCUT2D eigenvalue weighted by Gasteiger charge is 2.09. The predicted molar refractivity (Wildman–Crippen MR) is 87.0 cm³/mol. The van der Waals surface area contributed by atoms with Crippen LogP contribution in [0.4, 0.5) is 0 Å². The predicted octanol–water partition coefficient (Wildman–Crippen LogP) is 5.63. The van der Waals surface area contributed by atoms with Crippen molar-refractivity contribution in [2.75, 3.05) is 6.61 Å². The van der Waals surface area contributed by atoms with Crippen LogP contribution >= 0.6 is 0 Å². The molecule has 0 N–H and O–H groups in total. The summed E-state index contributed by atoms with van der Waals surface area (Å²) in [4.78, 5) is 0. The summed E-state index contributed by atoms with van der Waals surface area (Å²) in [6.45, 7) is 5.25. The fourth-order valence-electron chi connectivity index (χ4n) is 2.54. The molecule has 1 unspecified atom stereocenters. The Morgan fingerprint density at radius 3 is 2.50 bits per heavy atom. The fraction of sp³-hybridized carbons (Fsp3) is 0.474. The average Bonchev–Trinajstić information content (AvgIpc) is 2.49.